The fourth-order valence-corrected chi connectivity index (χ4v) is 6.75. The molecule has 4 aromatic carbocycles. The third-order valence-corrected chi connectivity index (χ3v) is 7.95. The highest BCUT2D eigenvalue weighted by atomic mass is 31.1. The molecule has 4 aromatic rings. The van der Waals surface area contributed by atoms with E-state index in [-0.39, 0.29) is 0 Å². The summed E-state index contributed by atoms with van der Waals surface area (Å²) in [6.45, 7) is 0. The SMILES string of the molecule is CN(C)c1c(P)cccc1-c1ccccc1P(c1ccccc1)c1ccccc1. The molecule has 0 N–H and O–H groups in total. The summed E-state index contributed by atoms with van der Waals surface area (Å²) in [6, 6.07) is 37.2. The van der Waals surface area contributed by atoms with Gasteiger partial charge in [-0.15, -0.1) is 9.24 Å². The highest BCUT2D eigenvalue weighted by molar-refractivity contribution is 7.80. The van der Waals surface area contributed by atoms with Gasteiger partial charge < -0.3 is 4.90 Å². The summed E-state index contributed by atoms with van der Waals surface area (Å²) in [7, 11) is 6.47. The van der Waals surface area contributed by atoms with Crippen LogP contribution in [-0.2, 0) is 0 Å². The molecular formula is C26H25NP2. The average Bonchev–Trinajstić information content (AvgIpc) is 2.75. The van der Waals surface area contributed by atoms with Crippen LogP contribution in [0.1, 0.15) is 0 Å². The van der Waals surface area contributed by atoms with Crippen molar-refractivity contribution in [2.75, 3.05) is 19.0 Å². The topological polar surface area (TPSA) is 3.24 Å². The zero-order valence-electron chi connectivity index (χ0n) is 16.8. The Morgan fingerprint density at radius 2 is 1.10 bits per heavy atom. The summed E-state index contributed by atoms with van der Waals surface area (Å²) in [5.74, 6) is 0. The van der Waals surface area contributed by atoms with Crippen LogP contribution in [0, 0.1) is 0 Å². The van der Waals surface area contributed by atoms with Crippen LogP contribution in [0.3, 0.4) is 0 Å². The molecule has 0 aliphatic heterocycles. The van der Waals surface area contributed by atoms with Gasteiger partial charge in [0.15, 0.2) is 0 Å². The molecule has 0 heterocycles. The van der Waals surface area contributed by atoms with E-state index in [1.54, 1.807) is 0 Å². The van der Waals surface area contributed by atoms with Gasteiger partial charge in [-0.25, -0.2) is 0 Å². The number of para-hydroxylation sites is 1. The molecule has 0 fully saturated rings. The Morgan fingerprint density at radius 1 is 0.586 bits per heavy atom. The first-order valence-electron chi connectivity index (χ1n) is 9.72. The molecule has 0 aliphatic carbocycles. The minimum Gasteiger partial charge on any atom is -0.377 e. The number of hydrogen-bond donors (Lipinski definition) is 0. The fourth-order valence-electron chi connectivity index (χ4n) is 3.76. The normalized spacial score (nSPS) is 10.9. The maximum absolute atomic E-state index is 2.89. The molecule has 1 atom stereocenters. The standard InChI is InChI=1S/C26H25NP2/c1-27(2)26-23(17-11-18-24(26)28)22-16-9-10-19-25(22)29(20-12-5-3-6-13-20)21-14-7-4-8-15-21/h3-19H,28H2,1-2H3. The molecular weight excluding hydrogens is 388 g/mol. The van der Waals surface area contributed by atoms with E-state index in [0.29, 0.717) is 0 Å². The molecule has 0 bridgehead atoms. The zero-order chi connectivity index (χ0) is 20.2. The van der Waals surface area contributed by atoms with E-state index in [1.165, 1.54) is 38.0 Å². The molecule has 29 heavy (non-hydrogen) atoms. The first-order valence-corrected chi connectivity index (χ1v) is 11.6. The van der Waals surface area contributed by atoms with Crippen molar-refractivity contribution >= 4 is 44.1 Å². The molecule has 0 aromatic heterocycles. The monoisotopic (exact) mass is 413 g/mol. The lowest BCUT2D eigenvalue weighted by molar-refractivity contribution is 1.14. The zero-order valence-corrected chi connectivity index (χ0v) is 18.8. The Kier molecular flexibility index (Phi) is 6.10. The second-order valence-corrected chi connectivity index (χ2v) is 9.97. The van der Waals surface area contributed by atoms with E-state index in [2.05, 4.69) is 131 Å². The predicted molar refractivity (Wildman–Crippen MR) is 134 cm³/mol. The van der Waals surface area contributed by atoms with Gasteiger partial charge in [0, 0.05) is 19.7 Å². The quantitative estimate of drug-likeness (QED) is 0.430. The van der Waals surface area contributed by atoms with Crippen molar-refractivity contribution in [2.45, 2.75) is 0 Å². The molecule has 0 saturated carbocycles. The second kappa shape index (κ2) is 8.91. The molecule has 0 amide bonds. The van der Waals surface area contributed by atoms with Gasteiger partial charge in [-0.3, -0.25) is 0 Å². The van der Waals surface area contributed by atoms with Crippen molar-refractivity contribution in [3.05, 3.63) is 103 Å². The summed E-state index contributed by atoms with van der Waals surface area (Å²) in [4.78, 5) is 2.21. The fraction of sp³-hybridized carbons (Fsp3) is 0.0769. The van der Waals surface area contributed by atoms with Gasteiger partial charge in [-0.05, 0) is 34.7 Å². The van der Waals surface area contributed by atoms with E-state index in [1.807, 2.05) is 0 Å². The first-order chi connectivity index (χ1) is 14.2. The first kappa shape index (κ1) is 19.8. The second-order valence-electron chi connectivity index (χ2n) is 7.16. The van der Waals surface area contributed by atoms with Crippen molar-refractivity contribution in [2.24, 2.45) is 0 Å². The van der Waals surface area contributed by atoms with Gasteiger partial charge in [0.2, 0.25) is 0 Å². The third-order valence-electron chi connectivity index (χ3n) is 4.98. The molecule has 0 spiro atoms. The van der Waals surface area contributed by atoms with E-state index in [9.17, 15) is 0 Å². The van der Waals surface area contributed by atoms with Crippen molar-refractivity contribution in [3.8, 4) is 11.1 Å². The summed E-state index contributed by atoms with van der Waals surface area (Å²) in [6.07, 6.45) is 0. The molecule has 0 radical (unpaired) electrons. The van der Waals surface area contributed by atoms with Gasteiger partial charge in [-0.1, -0.05) is 103 Å². The van der Waals surface area contributed by atoms with E-state index in [4.69, 9.17) is 0 Å². The maximum Gasteiger partial charge on any atom is 0.0513 e. The van der Waals surface area contributed by atoms with Gasteiger partial charge >= 0.3 is 0 Å². The van der Waals surface area contributed by atoms with E-state index in [0.717, 1.165) is 0 Å². The van der Waals surface area contributed by atoms with E-state index < -0.39 is 7.92 Å². The molecule has 4 rings (SSSR count). The van der Waals surface area contributed by atoms with Crippen LogP contribution < -0.4 is 26.1 Å². The van der Waals surface area contributed by atoms with Crippen LogP contribution in [0.4, 0.5) is 5.69 Å². The van der Waals surface area contributed by atoms with Crippen molar-refractivity contribution in [1.29, 1.82) is 0 Å². The van der Waals surface area contributed by atoms with Crippen molar-refractivity contribution in [1.82, 2.24) is 0 Å². The molecule has 1 unspecified atom stereocenters. The minimum atomic E-state index is -0.657. The van der Waals surface area contributed by atoms with Crippen LogP contribution >= 0.6 is 17.2 Å². The molecule has 0 saturated heterocycles. The lowest BCUT2D eigenvalue weighted by atomic mass is 10.0. The van der Waals surface area contributed by atoms with Gasteiger partial charge in [0.1, 0.15) is 0 Å². The highest BCUT2D eigenvalue weighted by Crippen LogP contribution is 2.39. The van der Waals surface area contributed by atoms with Crippen LogP contribution in [0.15, 0.2) is 103 Å². The Bertz CT molecular complexity index is 1050. The summed E-state index contributed by atoms with van der Waals surface area (Å²) < 4.78 is 0. The molecule has 3 heteroatoms. The van der Waals surface area contributed by atoms with Crippen molar-refractivity contribution < 1.29 is 0 Å². The highest BCUT2D eigenvalue weighted by Gasteiger charge is 2.21. The summed E-state index contributed by atoms with van der Waals surface area (Å²) in [5.41, 5.74) is 3.83. The lowest BCUT2D eigenvalue weighted by Gasteiger charge is -2.25. The Balaban J connectivity index is 1.98. The van der Waals surface area contributed by atoms with Crippen LogP contribution in [0.25, 0.3) is 11.1 Å². The van der Waals surface area contributed by atoms with Gasteiger partial charge in [-0.2, -0.15) is 0 Å². The maximum atomic E-state index is 2.89. The molecule has 144 valence electrons. The van der Waals surface area contributed by atoms with Crippen LogP contribution in [-0.4, -0.2) is 14.1 Å². The third kappa shape index (κ3) is 4.13. The number of rotatable bonds is 5. The predicted octanol–water partition coefficient (Wildman–Crippen LogP) is 4.68. The average molecular weight is 413 g/mol. The molecule has 0 aliphatic rings. The summed E-state index contributed by atoms with van der Waals surface area (Å²) >= 11 is 0. The largest absolute Gasteiger partial charge is 0.377 e. The Hall–Kier alpha value is -2.46. The summed E-state index contributed by atoms with van der Waals surface area (Å²) in [5, 5.41) is 5.34. The number of anilines is 1. The number of hydrogen-bond acceptors (Lipinski definition) is 1. The minimum absolute atomic E-state index is 0.657. The Labute approximate surface area is 177 Å². The van der Waals surface area contributed by atoms with E-state index >= 15 is 0 Å². The van der Waals surface area contributed by atoms with Gasteiger partial charge in [0.25, 0.3) is 0 Å². The van der Waals surface area contributed by atoms with Gasteiger partial charge in [0.05, 0.1) is 5.69 Å². The van der Waals surface area contributed by atoms with Crippen molar-refractivity contribution in [3.63, 3.8) is 0 Å². The van der Waals surface area contributed by atoms with Crippen LogP contribution in [0.2, 0.25) is 0 Å². The van der Waals surface area contributed by atoms with Crippen LogP contribution in [0.5, 0.6) is 0 Å². The smallest absolute Gasteiger partial charge is 0.0513 e. The lowest BCUT2D eigenvalue weighted by Crippen LogP contribution is -2.23. The number of nitrogens with zero attached hydrogens (tertiary/aromatic N) is 1. The number of benzene rings is 4. The molecule has 1 nitrogen and oxygen atoms in total. The Morgan fingerprint density at radius 3 is 1.69 bits per heavy atom.